The van der Waals surface area contributed by atoms with Gasteiger partial charge in [-0.15, -0.1) is 0 Å². The molecule has 0 bridgehead atoms. The minimum absolute atomic E-state index is 0.201. The van der Waals surface area contributed by atoms with Crippen molar-refractivity contribution in [2.45, 2.75) is 0 Å². The van der Waals surface area contributed by atoms with E-state index in [1.807, 2.05) is 24.3 Å². The number of hydrogen-bond donors (Lipinski definition) is 0. The summed E-state index contributed by atoms with van der Waals surface area (Å²) in [6.45, 7) is 0. The van der Waals surface area contributed by atoms with E-state index >= 15 is 0 Å². The second-order valence-corrected chi connectivity index (χ2v) is 8.74. The summed E-state index contributed by atoms with van der Waals surface area (Å²) in [5, 5.41) is 3.38. The summed E-state index contributed by atoms with van der Waals surface area (Å²) < 4.78 is 0. The molecule has 0 unspecified atom stereocenters. The van der Waals surface area contributed by atoms with Gasteiger partial charge in [0.1, 0.15) is 32.0 Å². The number of benzene rings is 1. The summed E-state index contributed by atoms with van der Waals surface area (Å²) in [7, 11) is 0. The summed E-state index contributed by atoms with van der Waals surface area (Å²) in [6, 6.07) is 17.2. The minimum atomic E-state index is -0.606. The number of pyridine rings is 4. The molecule has 6 rings (SSSR count). The van der Waals surface area contributed by atoms with Gasteiger partial charge in [0.15, 0.2) is 0 Å². The molecule has 0 atom stereocenters. The lowest BCUT2D eigenvalue weighted by Gasteiger charge is -2.15. The maximum absolute atomic E-state index is 11.9. The number of ketones is 2. The summed E-state index contributed by atoms with van der Waals surface area (Å²) in [5.41, 5.74) is 2.56. The highest BCUT2D eigenvalue weighted by Crippen LogP contribution is 2.32. The first-order chi connectivity index (χ1) is 16.3. The van der Waals surface area contributed by atoms with E-state index in [0.29, 0.717) is 21.7 Å². The molecule has 0 aliphatic heterocycles. The van der Waals surface area contributed by atoms with E-state index in [2.05, 4.69) is 19.9 Å². The third-order valence-electron chi connectivity index (χ3n) is 5.09. The number of aromatic nitrogens is 4. The molecule has 4 heterocycles. The Balaban J connectivity index is 0.000000142. The Labute approximate surface area is 212 Å². The first kappa shape index (κ1) is 22.6. The Hall–Kier alpha value is -3.16. The van der Waals surface area contributed by atoms with Crippen molar-refractivity contribution in [3.05, 3.63) is 92.4 Å². The highest BCUT2D eigenvalue weighted by molar-refractivity contribution is 6.52. The van der Waals surface area contributed by atoms with Gasteiger partial charge in [0.2, 0.25) is 11.6 Å². The van der Waals surface area contributed by atoms with Gasteiger partial charge in [0, 0.05) is 10.8 Å². The molecular formula is C24H10Cl4N4O2. The Morgan fingerprint density at radius 3 is 1.18 bits per heavy atom. The van der Waals surface area contributed by atoms with Crippen LogP contribution in [0.2, 0.25) is 20.6 Å². The Morgan fingerprint density at radius 1 is 0.441 bits per heavy atom. The highest BCUT2D eigenvalue weighted by Gasteiger charge is 2.32. The first-order valence-corrected chi connectivity index (χ1v) is 11.3. The Morgan fingerprint density at radius 2 is 0.765 bits per heavy atom. The molecular weight excluding hydrogens is 518 g/mol. The van der Waals surface area contributed by atoms with Crippen molar-refractivity contribution < 1.29 is 9.59 Å². The monoisotopic (exact) mass is 526 g/mol. The Kier molecular flexibility index (Phi) is 5.91. The van der Waals surface area contributed by atoms with Gasteiger partial charge < -0.3 is 0 Å². The van der Waals surface area contributed by atoms with Gasteiger partial charge in [-0.05, 0) is 48.5 Å². The second kappa shape index (κ2) is 8.89. The molecule has 0 amide bonds. The fraction of sp³-hybridized carbons (Fsp3) is 0. The average Bonchev–Trinajstić information content (AvgIpc) is 2.83. The van der Waals surface area contributed by atoms with Crippen LogP contribution < -0.4 is 0 Å². The lowest BCUT2D eigenvalue weighted by atomic mass is 9.91. The van der Waals surface area contributed by atoms with E-state index in [9.17, 15) is 9.59 Å². The van der Waals surface area contributed by atoms with Crippen molar-refractivity contribution in [2.24, 2.45) is 0 Å². The summed E-state index contributed by atoms with van der Waals surface area (Å²) in [5.74, 6) is -1.21. The van der Waals surface area contributed by atoms with E-state index < -0.39 is 11.6 Å². The molecule has 0 radical (unpaired) electrons. The van der Waals surface area contributed by atoms with Crippen molar-refractivity contribution in [2.75, 3.05) is 0 Å². The van der Waals surface area contributed by atoms with Gasteiger partial charge in [-0.25, -0.2) is 19.9 Å². The quantitative estimate of drug-likeness (QED) is 0.123. The molecule has 6 nitrogen and oxygen atoms in total. The lowest BCUT2D eigenvalue weighted by molar-refractivity contribution is 0.0814. The van der Waals surface area contributed by atoms with E-state index in [0.717, 1.165) is 21.8 Å². The molecule has 1 aliphatic carbocycles. The number of rotatable bonds is 0. The van der Waals surface area contributed by atoms with Crippen LogP contribution >= 0.6 is 46.4 Å². The van der Waals surface area contributed by atoms with E-state index in [4.69, 9.17) is 46.4 Å². The van der Waals surface area contributed by atoms with Crippen molar-refractivity contribution in [3.63, 3.8) is 0 Å². The molecule has 0 N–H and O–H groups in total. The maximum atomic E-state index is 11.9. The molecule has 0 fully saturated rings. The van der Waals surface area contributed by atoms with Gasteiger partial charge >= 0.3 is 0 Å². The molecule has 1 aromatic carbocycles. The number of hydrogen-bond acceptors (Lipinski definition) is 6. The topological polar surface area (TPSA) is 85.7 Å². The number of carbonyl (C=O) groups is 2. The van der Waals surface area contributed by atoms with E-state index in [-0.39, 0.29) is 21.4 Å². The zero-order valence-electron chi connectivity index (χ0n) is 16.9. The minimum Gasteiger partial charge on any atom is -0.285 e. The summed E-state index contributed by atoms with van der Waals surface area (Å²) in [6.07, 6.45) is 0. The van der Waals surface area contributed by atoms with Gasteiger partial charge in [-0.2, -0.15) is 0 Å². The first-order valence-electron chi connectivity index (χ1n) is 9.76. The van der Waals surface area contributed by atoms with Crippen LogP contribution in [0.3, 0.4) is 0 Å². The van der Waals surface area contributed by atoms with Crippen molar-refractivity contribution in [1.29, 1.82) is 0 Å². The van der Waals surface area contributed by atoms with Gasteiger partial charge in [0.05, 0.1) is 22.2 Å². The molecule has 10 heteroatoms. The molecule has 0 saturated heterocycles. The molecule has 166 valence electrons. The van der Waals surface area contributed by atoms with Crippen molar-refractivity contribution in [1.82, 2.24) is 19.9 Å². The molecule has 0 spiro atoms. The molecule has 5 aromatic rings. The van der Waals surface area contributed by atoms with Crippen LogP contribution in [-0.2, 0) is 0 Å². The zero-order chi connectivity index (χ0) is 24.0. The van der Waals surface area contributed by atoms with Gasteiger partial charge in [-0.3, -0.25) is 9.59 Å². The predicted octanol–water partition coefficient (Wildman–Crippen LogP) is 6.92. The fourth-order valence-electron chi connectivity index (χ4n) is 3.56. The molecule has 4 aromatic heterocycles. The lowest BCUT2D eigenvalue weighted by Crippen LogP contribution is -2.22. The van der Waals surface area contributed by atoms with Gasteiger partial charge in [0.25, 0.3) is 0 Å². The van der Waals surface area contributed by atoms with Crippen LogP contribution in [0, 0.1) is 0 Å². The van der Waals surface area contributed by atoms with Crippen LogP contribution in [-0.4, -0.2) is 31.5 Å². The predicted molar refractivity (Wildman–Crippen MR) is 133 cm³/mol. The van der Waals surface area contributed by atoms with Crippen LogP contribution in [0.25, 0.3) is 33.2 Å². The van der Waals surface area contributed by atoms with Gasteiger partial charge in [-0.1, -0.05) is 58.5 Å². The second-order valence-electron chi connectivity index (χ2n) is 7.20. The third-order valence-corrected chi connectivity index (χ3v) is 5.94. The number of halogens is 4. The van der Waals surface area contributed by atoms with Crippen molar-refractivity contribution >= 4 is 79.8 Å². The van der Waals surface area contributed by atoms with Crippen LogP contribution in [0.4, 0.5) is 0 Å². The zero-order valence-corrected chi connectivity index (χ0v) is 19.9. The normalized spacial score (nSPS) is 12.2. The van der Waals surface area contributed by atoms with E-state index in [1.165, 1.54) is 24.3 Å². The van der Waals surface area contributed by atoms with E-state index in [1.54, 1.807) is 12.1 Å². The third kappa shape index (κ3) is 4.10. The average molecular weight is 528 g/mol. The largest absolute Gasteiger partial charge is 0.285 e. The standard InChI is InChI=1S/C12H4Cl2N2O2.C12H6Cl2N2/c13-7-3-1-5-9(15-7)10-6(12(18)11(5)17)2-4-8(14)16-10;13-9-5-3-7-1-2-8-4-6-10(14)16-12(8)11(7)15-9/h1-4H;1-6H. The summed E-state index contributed by atoms with van der Waals surface area (Å²) in [4.78, 5) is 40.4. The molecule has 0 saturated carbocycles. The molecule has 1 aliphatic rings. The summed E-state index contributed by atoms with van der Waals surface area (Å²) >= 11 is 23.4. The van der Waals surface area contributed by atoms with Crippen LogP contribution in [0.1, 0.15) is 20.7 Å². The number of fused-ring (bicyclic) bond motifs is 6. The van der Waals surface area contributed by atoms with Crippen molar-refractivity contribution in [3.8, 4) is 11.4 Å². The SMILES string of the molecule is Clc1ccc2ccc3ccc(Cl)nc3c2n1.O=C1C(=O)c2ccc(Cl)nc2-c2nc(Cl)ccc21. The smallest absolute Gasteiger partial charge is 0.235 e. The fourth-order valence-corrected chi connectivity index (χ4v) is 4.15. The number of carbonyl (C=O) groups excluding carboxylic acids is 2. The van der Waals surface area contributed by atoms with Crippen LogP contribution in [0.5, 0.6) is 0 Å². The number of Topliss-reactive ketones (excluding diaryl/α,β-unsaturated/α-hetero) is 2. The Bertz CT molecular complexity index is 1530. The number of nitrogens with zero attached hydrogens (tertiary/aromatic N) is 4. The molecule has 34 heavy (non-hydrogen) atoms. The maximum Gasteiger partial charge on any atom is 0.235 e. The van der Waals surface area contributed by atoms with Crippen LogP contribution in [0.15, 0.2) is 60.7 Å². The highest BCUT2D eigenvalue weighted by atomic mass is 35.5.